The summed E-state index contributed by atoms with van der Waals surface area (Å²) >= 11 is 1.61. The maximum absolute atomic E-state index is 6.76. The van der Waals surface area contributed by atoms with Crippen LogP contribution in [-0.4, -0.2) is 43.1 Å². The Bertz CT molecular complexity index is 1350. The summed E-state index contributed by atoms with van der Waals surface area (Å²) in [6, 6.07) is 40.6. The fourth-order valence-corrected chi connectivity index (χ4v) is 5.99. The quantitative estimate of drug-likeness (QED) is 0.119. The molecule has 1 aliphatic rings. The van der Waals surface area contributed by atoms with Crippen LogP contribution in [0.5, 0.6) is 0 Å². The van der Waals surface area contributed by atoms with Crippen molar-refractivity contribution in [1.29, 1.82) is 0 Å². The molecule has 42 heavy (non-hydrogen) atoms. The van der Waals surface area contributed by atoms with Gasteiger partial charge >= 0.3 is 0 Å². The van der Waals surface area contributed by atoms with E-state index in [0.717, 1.165) is 21.6 Å². The predicted octanol–water partition coefficient (Wildman–Crippen LogP) is 6.91. The molecule has 0 saturated carbocycles. The number of thioether (sulfide) groups is 1. The minimum absolute atomic E-state index is 0.186. The van der Waals surface area contributed by atoms with Crippen molar-refractivity contribution in [2.45, 2.75) is 54.6 Å². The Balaban J connectivity index is 1.46. The molecule has 1 fully saturated rings. The first-order chi connectivity index (χ1) is 20.8. The van der Waals surface area contributed by atoms with E-state index in [-0.39, 0.29) is 18.6 Å². The molecule has 0 spiro atoms. The molecule has 0 aromatic heterocycles. The highest BCUT2D eigenvalue weighted by Gasteiger charge is 2.48. The van der Waals surface area contributed by atoms with Crippen molar-refractivity contribution >= 4 is 11.8 Å². The summed E-state index contributed by atoms with van der Waals surface area (Å²) in [5, 5.41) is 0. The Labute approximate surface area is 253 Å². The second-order valence-electron chi connectivity index (χ2n) is 9.98. The molecule has 5 atom stereocenters. The zero-order chi connectivity index (χ0) is 28.8. The standard InChI is InChI=1S/C36H36O5S/c1-2-23-37-27-32-33(38-24-28-15-7-3-8-16-28)34(39-25-29-17-9-4-10-18-29)35(40-26-30-19-11-5-12-20-30)36(41-32)42-31-21-13-6-14-22-31/h1,3-22,32-36H,23-27H2/t32?,33-,34?,35?,36-/m0/s1. The van der Waals surface area contributed by atoms with Gasteiger partial charge in [0.2, 0.25) is 0 Å². The van der Waals surface area contributed by atoms with E-state index in [1.165, 1.54) is 0 Å². The van der Waals surface area contributed by atoms with E-state index in [2.05, 4.69) is 42.3 Å². The average Bonchev–Trinajstić information content (AvgIpc) is 3.05. The molecule has 0 N–H and O–H groups in total. The van der Waals surface area contributed by atoms with Crippen molar-refractivity contribution in [1.82, 2.24) is 0 Å². The molecule has 5 rings (SSSR count). The maximum atomic E-state index is 6.76. The van der Waals surface area contributed by atoms with Gasteiger partial charge in [-0.1, -0.05) is 127 Å². The van der Waals surface area contributed by atoms with Crippen molar-refractivity contribution in [3.63, 3.8) is 0 Å². The van der Waals surface area contributed by atoms with E-state index in [1.807, 2.05) is 84.9 Å². The summed E-state index contributed by atoms with van der Waals surface area (Å²) in [6.07, 6.45) is 3.71. The minimum Gasteiger partial charge on any atom is -0.368 e. The van der Waals surface area contributed by atoms with Gasteiger partial charge in [-0.05, 0) is 28.8 Å². The summed E-state index contributed by atoms with van der Waals surface area (Å²) < 4.78 is 32.6. The molecule has 1 aliphatic heterocycles. The van der Waals surface area contributed by atoms with E-state index >= 15 is 0 Å². The lowest BCUT2D eigenvalue weighted by molar-refractivity contribution is -0.253. The molecule has 4 aromatic carbocycles. The van der Waals surface area contributed by atoms with Crippen LogP contribution >= 0.6 is 11.8 Å². The highest BCUT2D eigenvalue weighted by Crippen LogP contribution is 2.38. The SMILES string of the molecule is C#CCOCC1O[C@@H](Sc2ccccc2)C(OCc2ccccc2)C(OCc2ccccc2)[C@H]1OCc1ccccc1. The third-order valence-electron chi connectivity index (χ3n) is 6.91. The highest BCUT2D eigenvalue weighted by molar-refractivity contribution is 7.99. The molecule has 4 aromatic rings. The van der Waals surface area contributed by atoms with Crippen LogP contribution in [-0.2, 0) is 43.5 Å². The number of ether oxygens (including phenoxy) is 5. The van der Waals surface area contributed by atoms with Gasteiger partial charge in [-0.2, -0.15) is 0 Å². The molecule has 0 aliphatic carbocycles. The van der Waals surface area contributed by atoms with Crippen LogP contribution in [0, 0.1) is 12.3 Å². The van der Waals surface area contributed by atoms with Gasteiger partial charge in [0.05, 0.1) is 26.4 Å². The Kier molecular flexibility index (Phi) is 11.7. The number of rotatable bonds is 14. The number of benzene rings is 4. The molecular weight excluding hydrogens is 544 g/mol. The van der Waals surface area contributed by atoms with E-state index in [1.54, 1.807) is 11.8 Å². The molecule has 1 heterocycles. The number of hydrogen-bond donors (Lipinski definition) is 0. The van der Waals surface area contributed by atoms with E-state index < -0.39 is 24.4 Å². The van der Waals surface area contributed by atoms with E-state index in [9.17, 15) is 0 Å². The third-order valence-corrected chi connectivity index (χ3v) is 8.07. The molecule has 216 valence electrons. The van der Waals surface area contributed by atoms with Crippen molar-refractivity contribution < 1.29 is 23.7 Å². The van der Waals surface area contributed by atoms with Gasteiger partial charge in [-0.3, -0.25) is 0 Å². The predicted molar refractivity (Wildman–Crippen MR) is 166 cm³/mol. The first-order valence-electron chi connectivity index (χ1n) is 14.1. The van der Waals surface area contributed by atoms with Crippen LogP contribution in [0.1, 0.15) is 16.7 Å². The topological polar surface area (TPSA) is 46.2 Å². The molecule has 0 radical (unpaired) electrons. The molecule has 0 bridgehead atoms. The first kappa shape index (κ1) is 30.1. The lowest BCUT2D eigenvalue weighted by atomic mass is 9.99. The Morgan fingerprint density at radius 1 is 0.595 bits per heavy atom. The van der Waals surface area contributed by atoms with Crippen LogP contribution < -0.4 is 0 Å². The monoisotopic (exact) mass is 580 g/mol. The summed E-state index contributed by atoms with van der Waals surface area (Å²) in [6.45, 7) is 1.67. The average molecular weight is 581 g/mol. The summed E-state index contributed by atoms with van der Waals surface area (Å²) in [5.41, 5.74) is 2.82. The first-order valence-corrected chi connectivity index (χ1v) is 15.0. The number of terminal acetylenes is 1. The molecular formula is C36H36O5S. The summed E-state index contributed by atoms with van der Waals surface area (Å²) in [5.74, 6) is 2.56. The minimum atomic E-state index is -0.472. The number of hydrogen-bond acceptors (Lipinski definition) is 6. The van der Waals surface area contributed by atoms with Crippen LogP contribution in [0.2, 0.25) is 0 Å². The fraction of sp³-hybridized carbons (Fsp3) is 0.278. The molecule has 0 amide bonds. The second-order valence-corrected chi connectivity index (χ2v) is 11.1. The fourth-order valence-electron chi connectivity index (χ4n) is 4.84. The Hall–Kier alpha value is -3.41. The van der Waals surface area contributed by atoms with Crippen LogP contribution in [0.3, 0.4) is 0 Å². The van der Waals surface area contributed by atoms with Crippen LogP contribution in [0.15, 0.2) is 126 Å². The van der Waals surface area contributed by atoms with Crippen LogP contribution in [0.25, 0.3) is 0 Å². The molecule has 1 saturated heterocycles. The zero-order valence-corrected chi connectivity index (χ0v) is 24.3. The lowest BCUT2D eigenvalue weighted by Crippen LogP contribution is -2.60. The largest absolute Gasteiger partial charge is 0.368 e. The zero-order valence-electron chi connectivity index (χ0n) is 23.5. The van der Waals surface area contributed by atoms with Gasteiger partial charge < -0.3 is 23.7 Å². The van der Waals surface area contributed by atoms with Gasteiger partial charge in [0.15, 0.2) is 0 Å². The summed E-state index contributed by atoms with van der Waals surface area (Å²) in [4.78, 5) is 1.07. The molecule has 5 nitrogen and oxygen atoms in total. The van der Waals surface area contributed by atoms with E-state index in [0.29, 0.717) is 19.8 Å². The normalized spacial score (nSPS) is 21.9. The van der Waals surface area contributed by atoms with Crippen molar-refractivity contribution in [3.8, 4) is 12.3 Å². The van der Waals surface area contributed by atoms with E-state index in [4.69, 9.17) is 30.1 Å². The van der Waals surface area contributed by atoms with Crippen molar-refractivity contribution in [2.24, 2.45) is 0 Å². The molecule has 3 unspecified atom stereocenters. The maximum Gasteiger partial charge on any atom is 0.137 e. The van der Waals surface area contributed by atoms with Gasteiger partial charge in [0, 0.05) is 4.90 Å². The Morgan fingerprint density at radius 3 is 1.55 bits per heavy atom. The van der Waals surface area contributed by atoms with Gasteiger partial charge in [0.1, 0.15) is 36.5 Å². The van der Waals surface area contributed by atoms with Gasteiger partial charge in [-0.15, -0.1) is 6.42 Å². The lowest BCUT2D eigenvalue weighted by Gasteiger charge is -2.46. The van der Waals surface area contributed by atoms with Crippen molar-refractivity contribution in [3.05, 3.63) is 138 Å². The highest BCUT2D eigenvalue weighted by atomic mass is 32.2. The Morgan fingerprint density at radius 2 is 1.05 bits per heavy atom. The summed E-state index contributed by atoms with van der Waals surface area (Å²) in [7, 11) is 0. The third kappa shape index (κ3) is 8.80. The van der Waals surface area contributed by atoms with Crippen molar-refractivity contribution in [2.75, 3.05) is 13.2 Å². The van der Waals surface area contributed by atoms with Gasteiger partial charge in [0.25, 0.3) is 0 Å². The van der Waals surface area contributed by atoms with Crippen LogP contribution in [0.4, 0.5) is 0 Å². The van der Waals surface area contributed by atoms with Gasteiger partial charge in [-0.25, -0.2) is 0 Å². The second kappa shape index (κ2) is 16.3. The molecule has 6 heteroatoms. The smallest absolute Gasteiger partial charge is 0.137 e.